The minimum absolute atomic E-state index is 0.0264. The first-order valence-corrected chi connectivity index (χ1v) is 9.53. The number of rotatable bonds is 5. The number of anilines is 1. The summed E-state index contributed by atoms with van der Waals surface area (Å²) < 4.78 is 20.2. The number of thiazole rings is 1. The molecule has 1 amide bonds. The fourth-order valence-corrected chi connectivity index (χ4v) is 4.16. The minimum Gasteiger partial charge on any atom is -0.376 e. The zero-order chi connectivity index (χ0) is 17.9. The summed E-state index contributed by atoms with van der Waals surface area (Å²) in [6.07, 6.45) is 2.12. The topological polar surface area (TPSA) is 42.4 Å². The lowest BCUT2D eigenvalue weighted by Gasteiger charge is -2.23. The number of benzene rings is 2. The van der Waals surface area contributed by atoms with Gasteiger partial charge in [-0.05, 0) is 42.7 Å². The highest BCUT2D eigenvalue weighted by atomic mass is 32.1. The number of para-hydroxylation sites is 1. The average Bonchev–Trinajstić information content (AvgIpc) is 3.28. The Morgan fingerprint density at radius 1 is 1.27 bits per heavy atom. The van der Waals surface area contributed by atoms with Gasteiger partial charge in [-0.25, -0.2) is 9.37 Å². The summed E-state index contributed by atoms with van der Waals surface area (Å²) in [7, 11) is 0. The third kappa shape index (κ3) is 3.76. The van der Waals surface area contributed by atoms with Gasteiger partial charge in [-0.15, -0.1) is 0 Å². The largest absolute Gasteiger partial charge is 0.376 e. The highest BCUT2D eigenvalue weighted by molar-refractivity contribution is 7.22. The Morgan fingerprint density at radius 3 is 2.92 bits per heavy atom. The molecular formula is C20H19FN2O2S. The molecule has 134 valence electrons. The van der Waals surface area contributed by atoms with E-state index in [1.165, 1.54) is 23.5 Å². The molecule has 1 aromatic heterocycles. The van der Waals surface area contributed by atoms with Crippen molar-refractivity contribution in [2.24, 2.45) is 0 Å². The van der Waals surface area contributed by atoms with Crippen molar-refractivity contribution in [2.75, 3.05) is 18.1 Å². The van der Waals surface area contributed by atoms with Crippen molar-refractivity contribution in [3.8, 4) is 0 Å². The number of carbonyl (C=O) groups is 1. The second kappa shape index (κ2) is 7.51. The fraction of sp³-hybridized carbons (Fsp3) is 0.300. The molecule has 0 aliphatic carbocycles. The van der Waals surface area contributed by atoms with Crippen LogP contribution in [0.5, 0.6) is 0 Å². The molecule has 0 spiro atoms. The van der Waals surface area contributed by atoms with Crippen LogP contribution < -0.4 is 4.90 Å². The molecule has 0 N–H and O–H groups in total. The molecule has 4 rings (SSSR count). The third-order valence-corrected chi connectivity index (χ3v) is 5.53. The molecule has 1 fully saturated rings. The van der Waals surface area contributed by atoms with E-state index in [0.29, 0.717) is 17.2 Å². The third-order valence-electron chi connectivity index (χ3n) is 4.47. The van der Waals surface area contributed by atoms with Crippen LogP contribution in [0, 0.1) is 5.82 Å². The Morgan fingerprint density at radius 2 is 2.15 bits per heavy atom. The van der Waals surface area contributed by atoms with Crippen LogP contribution in [0.2, 0.25) is 0 Å². The van der Waals surface area contributed by atoms with Gasteiger partial charge in [0.1, 0.15) is 5.82 Å². The van der Waals surface area contributed by atoms with E-state index in [9.17, 15) is 9.18 Å². The van der Waals surface area contributed by atoms with Gasteiger partial charge in [0, 0.05) is 6.61 Å². The van der Waals surface area contributed by atoms with E-state index in [0.717, 1.165) is 29.7 Å². The molecule has 1 unspecified atom stereocenters. The highest BCUT2D eigenvalue weighted by Gasteiger charge is 2.26. The van der Waals surface area contributed by atoms with Gasteiger partial charge < -0.3 is 4.74 Å². The normalized spacial score (nSPS) is 16.9. The zero-order valence-electron chi connectivity index (χ0n) is 14.2. The van der Waals surface area contributed by atoms with Crippen molar-refractivity contribution < 1.29 is 13.9 Å². The number of hydrogen-bond acceptors (Lipinski definition) is 4. The molecule has 3 aromatic rings. The Bertz CT molecular complexity index is 888. The van der Waals surface area contributed by atoms with Gasteiger partial charge in [0.05, 0.1) is 29.3 Å². The standard InChI is InChI=1S/C20H19FN2O2S/c21-15-6-3-5-14(11-15)12-19(24)23(13-16-7-4-10-25-16)20-22-17-8-1-2-9-18(17)26-20/h1-3,5-6,8-9,11,16H,4,7,10,12-13H2. The number of fused-ring (bicyclic) bond motifs is 1. The molecule has 0 saturated carbocycles. The van der Waals surface area contributed by atoms with Crippen LogP contribution in [0.15, 0.2) is 48.5 Å². The van der Waals surface area contributed by atoms with Crippen molar-refractivity contribution >= 4 is 32.6 Å². The highest BCUT2D eigenvalue weighted by Crippen LogP contribution is 2.30. The van der Waals surface area contributed by atoms with Crippen LogP contribution in [0.4, 0.5) is 9.52 Å². The number of ether oxygens (including phenoxy) is 1. The molecule has 1 aliphatic rings. The maximum atomic E-state index is 13.5. The maximum absolute atomic E-state index is 13.5. The number of aromatic nitrogens is 1. The zero-order valence-corrected chi connectivity index (χ0v) is 15.0. The molecule has 26 heavy (non-hydrogen) atoms. The molecule has 1 atom stereocenters. The van der Waals surface area contributed by atoms with Crippen molar-refractivity contribution in [1.29, 1.82) is 0 Å². The second-order valence-corrected chi connectivity index (χ2v) is 7.42. The van der Waals surface area contributed by atoms with Crippen molar-refractivity contribution in [3.63, 3.8) is 0 Å². The van der Waals surface area contributed by atoms with E-state index in [1.54, 1.807) is 17.0 Å². The number of hydrogen-bond donors (Lipinski definition) is 0. The lowest BCUT2D eigenvalue weighted by atomic mass is 10.1. The van der Waals surface area contributed by atoms with E-state index in [4.69, 9.17) is 4.74 Å². The molecule has 1 aliphatic heterocycles. The Hall–Kier alpha value is -2.31. The van der Waals surface area contributed by atoms with Gasteiger partial charge in [-0.2, -0.15) is 0 Å². The van der Waals surface area contributed by atoms with Gasteiger partial charge in [0.25, 0.3) is 0 Å². The Kier molecular flexibility index (Phi) is 4.95. The first kappa shape index (κ1) is 17.1. The van der Waals surface area contributed by atoms with Crippen LogP contribution in [-0.4, -0.2) is 30.1 Å². The van der Waals surface area contributed by atoms with Crippen LogP contribution in [-0.2, 0) is 16.0 Å². The van der Waals surface area contributed by atoms with E-state index in [2.05, 4.69) is 4.98 Å². The van der Waals surface area contributed by atoms with Gasteiger partial charge in [0.15, 0.2) is 5.13 Å². The molecule has 6 heteroatoms. The predicted octanol–water partition coefficient (Wildman–Crippen LogP) is 4.19. The van der Waals surface area contributed by atoms with Crippen molar-refractivity contribution in [3.05, 3.63) is 59.9 Å². The molecule has 2 aromatic carbocycles. The lowest BCUT2D eigenvalue weighted by molar-refractivity contribution is -0.118. The lowest BCUT2D eigenvalue weighted by Crippen LogP contribution is -2.38. The maximum Gasteiger partial charge on any atom is 0.233 e. The summed E-state index contributed by atoms with van der Waals surface area (Å²) in [4.78, 5) is 19.3. The van der Waals surface area contributed by atoms with Gasteiger partial charge in [0.2, 0.25) is 5.91 Å². The summed E-state index contributed by atoms with van der Waals surface area (Å²) in [6, 6.07) is 14.0. The first-order chi connectivity index (χ1) is 12.7. The number of amides is 1. The Balaban J connectivity index is 1.61. The summed E-state index contributed by atoms with van der Waals surface area (Å²) in [5.74, 6) is -0.425. The quantitative estimate of drug-likeness (QED) is 0.676. The number of nitrogens with zero attached hydrogens (tertiary/aromatic N) is 2. The molecular weight excluding hydrogens is 351 g/mol. The van der Waals surface area contributed by atoms with Crippen molar-refractivity contribution in [1.82, 2.24) is 4.98 Å². The molecule has 2 heterocycles. The number of halogens is 1. The second-order valence-electron chi connectivity index (χ2n) is 6.41. The van der Waals surface area contributed by atoms with Crippen LogP contribution in [0.1, 0.15) is 18.4 Å². The smallest absolute Gasteiger partial charge is 0.233 e. The summed E-state index contributed by atoms with van der Waals surface area (Å²) in [5.41, 5.74) is 1.54. The van der Waals surface area contributed by atoms with Crippen LogP contribution >= 0.6 is 11.3 Å². The Labute approximate surface area is 155 Å². The van der Waals surface area contributed by atoms with E-state index < -0.39 is 0 Å². The van der Waals surface area contributed by atoms with Gasteiger partial charge in [-0.1, -0.05) is 35.6 Å². The summed E-state index contributed by atoms with van der Waals surface area (Å²) >= 11 is 1.50. The van der Waals surface area contributed by atoms with E-state index in [1.807, 2.05) is 24.3 Å². The monoisotopic (exact) mass is 370 g/mol. The molecule has 1 saturated heterocycles. The predicted molar refractivity (Wildman–Crippen MR) is 101 cm³/mol. The van der Waals surface area contributed by atoms with Gasteiger partial charge in [-0.3, -0.25) is 9.69 Å². The first-order valence-electron chi connectivity index (χ1n) is 8.71. The minimum atomic E-state index is -0.332. The molecule has 0 bridgehead atoms. The fourth-order valence-electron chi connectivity index (χ4n) is 3.17. The number of carbonyl (C=O) groups excluding carboxylic acids is 1. The molecule has 0 radical (unpaired) electrons. The van der Waals surface area contributed by atoms with Crippen LogP contribution in [0.3, 0.4) is 0 Å². The SMILES string of the molecule is O=C(Cc1cccc(F)c1)N(CC1CCCO1)c1nc2ccccc2s1. The molecule has 4 nitrogen and oxygen atoms in total. The van der Waals surface area contributed by atoms with Crippen LogP contribution in [0.25, 0.3) is 10.2 Å². The summed E-state index contributed by atoms with van der Waals surface area (Å²) in [6.45, 7) is 1.21. The van der Waals surface area contributed by atoms with E-state index >= 15 is 0 Å². The average molecular weight is 370 g/mol. The summed E-state index contributed by atoms with van der Waals surface area (Å²) in [5, 5.41) is 0.670. The van der Waals surface area contributed by atoms with E-state index in [-0.39, 0.29) is 24.2 Å². The van der Waals surface area contributed by atoms with Gasteiger partial charge >= 0.3 is 0 Å². The van der Waals surface area contributed by atoms with Crippen molar-refractivity contribution in [2.45, 2.75) is 25.4 Å².